The molecule has 0 aliphatic carbocycles. The van der Waals surface area contributed by atoms with E-state index in [9.17, 15) is 9.18 Å². The van der Waals surface area contributed by atoms with E-state index in [0.717, 1.165) is 62.1 Å². The summed E-state index contributed by atoms with van der Waals surface area (Å²) in [7, 11) is 0. The van der Waals surface area contributed by atoms with Gasteiger partial charge in [-0.1, -0.05) is 12.1 Å². The van der Waals surface area contributed by atoms with Crippen molar-refractivity contribution in [1.29, 1.82) is 5.26 Å². The van der Waals surface area contributed by atoms with Gasteiger partial charge in [-0.3, -0.25) is 4.90 Å². The van der Waals surface area contributed by atoms with Gasteiger partial charge in [-0.25, -0.2) is 14.2 Å². The van der Waals surface area contributed by atoms with Crippen LogP contribution < -0.4 is 9.47 Å². The number of hydrogen-bond donors (Lipinski definition) is 0. The quantitative estimate of drug-likeness (QED) is 0.265. The van der Waals surface area contributed by atoms with Gasteiger partial charge < -0.3 is 23.5 Å². The number of aromatic nitrogens is 2. The number of carbonyl (C=O) groups excluding carboxylic acids is 1. The van der Waals surface area contributed by atoms with Crippen LogP contribution in [-0.2, 0) is 21.8 Å². The van der Waals surface area contributed by atoms with Gasteiger partial charge in [-0.15, -0.1) is 0 Å². The Labute approximate surface area is 248 Å². The maximum Gasteiger partial charge on any atom is 0.339 e. The van der Waals surface area contributed by atoms with Crippen molar-refractivity contribution in [2.24, 2.45) is 0 Å². The molecule has 2 fully saturated rings. The molecule has 4 heterocycles. The largest absolute Gasteiger partial charge is 0.446 e. The lowest BCUT2D eigenvalue weighted by Crippen LogP contribution is -2.35. The van der Waals surface area contributed by atoms with E-state index in [2.05, 4.69) is 9.88 Å². The summed E-state index contributed by atoms with van der Waals surface area (Å²) in [4.78, 5) is 19.5. The Kier molecular flexibility index (Phi) is 7.00. The Balaban J connectivity index is 0.970. The van der Waals surface area contributed by atoms with Crippen LogP contribution in [0.5, 0.6) is 11.5 Å². The fourth-order valence-corrected chi connectivity index (χ4v) is 6.12. The standard InChI is InChI=1S/C33H31FN4O5/c1-33(26-7-5-21(17-35)15-27(26)34)42-30-4-2-3-25(31(30)43-33)22-9-12-37(13-10-22)20-41-32(39)23-6-8-28-29(16-23)38(19-36-28)18-24-11-14-40-24/h2-8,15-16,19,22,24H,9-14,18,20H2,1H3/t24-,33?/m0/s1. The minimum atomic E-state index is -1.34. The van der Waals surface area contributed by atoms with E-state index < -0.39 is 11.6 Å². The highest BCUT2D eigenvalue weighted by atomic mass is 19.1. The summed E-state index contributed by atoms with van der Waals surface area (Å²) in [5.41, 5.74) is 3.72. The van der Waals surface area contributed by atoms with Crippen LogP contribution in [0.25, 0.3) is 11.0 Å². The Morgan fingerprint density at radius 1 is 1.14 bits per heavy atom. The molecule has 1 aromatic heterocycles. The SMILES string of the molecule is CC1(c2ccc(C#N)cc2F)Oc2cccc(C3CCN(COC(=O)c4ccc5ncn(C[C@@H]6CCO6)c5c4)CC3)c2O1. The molecule has 0 saturated carbocycles. The van der Waals surface area contributed by atoms with E-state index in [1.54, 1.807) is 25.4 Å². The first kappa shape index (κ1) is 27.4. The van der Waals surface area contributed by atoms with E-state index in [0.29, 0.717) is 17.1 Å². The maximum absolute atomic E-state index is 14.9. The van der Waals surface area contributed by atoms with Crippen LogP contribution in [0.1, 0.15) is 59.2 Å². The molecule has 0 amide bonds. The van der Waals surface area contributed by atoms with Crippen LogP contribution in [0.15, 0.2) is 60.9 Å². The van der Waals surface area contributed by atoms with Crippen molar-refractivity contribution in [2.45, 2.75) is 50.5 Å². The van der Waals surface area contributed by atoms with Gasteiger partial charge in [0.15, 0.2) is 11.5 Å². The summed E-state index contributed by atoms with van der Waals surface area (Å²) < 4.78 is 40.6. The second-order valence-electron chi connectivity index (χ2n) is 11.5. The average molecular weight is 583 g/mol. The topological polar surface area (TPSA) is 98.8 Å². The lowest BCUT2D eigenvalue weighted by molar-refractivity contribution is -0.0712. The van der Waals surface area contributed by atoms with Crippen molar-refractivity contribution in [1.82, 2.24) is 14.5 Å². The minimum Gasteiger partial charge on any atom is -0.446 e. The van der Waals surface area contributed by atoms with Crippen LogP contribution in [0.2, 0.25) is 0 Å². The number of fused-ring (bicyclic) bond motifs is 2. The first-order valence-electron chi connectivity index (χ1n) is 14.6. The van der Waals surface area contributed by atoms with Gasteiger partial charge in [0.1, 0.15) is 12.5 Å². The number of benzene rings is 3. The number of imidazole rings is 1. The Morgan fingerprint density at radius 3 is 2.72 bits per heavy atom. The van der Waals surface area contributed by atoms with Crippen molar-refractivity contribution in [3.8, 4) is 17.6 Å². The predicted molar refractivity (Wildman–Crippen MR) is 154 cm³/mol. The molecule has 3 aliphatic heterocycles. The molecule has 0 radical (unpaired) electrons. The van der Waals surface area contributed by atoms with Gasteiger partial charge in [-0.2, -0.15) is 5.26 Å². The summed E-state index contributed by atoms with van der Waals surface area (Å²) >= 11 is 0. The van der Waals surface area contributed by atoms with Crippen molar-refractivity contribution in [3.05, 3.63) is 89.0 Å². The molecule has 9 nitrogen and oxygen atoms in total. The number of para-hydroxylation sites is 1. The summed E-state index contributed by atoms with van der Waals surface area (Å²) in [6.45, 7) is 4.90. The monoisotopic (exact) mass is 582 g/mol. The zero-order valence-corrected chi connectivity index (χ0v) is 23.8. The van der Waals surface area contributed by atoms with Gasteiger partial charge in [0.25, 0.3) is 5.79 Å². The second-order valence-corrected chi connectivity index (χ2v) is 11.5. The highest BCUT2D eigenvalue weighted by Crippen LogP contribution is 2.49. The summed E-state index contributed by atoms with van der Waals surface area (Å²) in [5, 5.41) is 9.09. The lowest BCUT2D eigenvalue weighted by atomic mass is 9.89. The smallest absolute Gasteiger partial charge is 0.339 e. The van der Waals surface area contributed by atoms with Crippen molar-refractivity contribution in [2.75, 3.05) is 26.4 Å². The Morgan fingerprint density at radius 2 is 1.98 bits per heavy atom. The predicted octanol–water partition coefficient (Wildman–Crippen LogP) is 5.47. The van der Waals surface area contributed by atoms with Crippen molar-refractivity contribution >= 4 is 17.0 Å². The number of ether oxygens (including phenoxy) is 4. The van der Waals surface area contributed by atoms with Crippen LogP contribution >= 0.6 is 0 Å². The molecule has 4 aromatic rings. The molecule has 10 heteroatoms. The molecule has 3 aliphatic rings. The van der Waals surface area contributed by atoms with Gasteiger partial charge in [0, 0.05) is 32.2 Å². The van der Waals surface area contributed by atoms with Crippen LogP contribution in [0.4, 0.5) is 4.39 Å². The van der Waals surface area contributed by atoms with Gasteiger partial charge >= 0.3 is 5.97 Å². The zero-order chi connectivity index (χ0) is 29.6. The molecule has 0 bridgehead atoms. The summed E-state index contributed by atoms with van der Waals surface area (Å²) in [6, 6.07) is 17.5. The first-order chi connectivity index (χ1) is 20.9. The molecule has 0 N–H and O–H groups in total. The molecule has 220 valence electrons. The number of nitriles is 1. The number of halogens is 1. The third-order valence-electron chi connectivity index (χ3n) is 8.65. The minimum absolute atomic E-state index is 0.196. The fraction of sp³-hybridized carbons (Fsp3) is 0.364. The number of rotatable bonds is 7. The molecule has 3 aromatic carbocycles. The molecule has 1 unspecified atom stereocenters. The van der Waals surface area contributed by atoms with E-state index in [1.165, 1.54) is 12.1 Å². The zero-order valence-electron chi connectivity index (χ0n) is 23.8. The number of piperidine rings is 1. The summed E-state index contributed by atoms with van der Waals surface area (Å²) in [5.74, 6) is -0.848. The first-order valence-corrected chi connectivity index (χ1v) is 14.6. The van der Waals surface area contributed by atoms with E-state index >= 15 is 0 Å². The molecular formula is C33H31FN4O5. The van der Waals surface area contributed by atoms with Crippen molar-refractivity contribution < 1.29 is 28.1 Å². The number of hydrogen-bond acceptors (Lipinski definition) is 8. The Bertz CT molecular complexity index is 1740. The van der Waals surface area contributed by atoms with Crippen LogP contribution in [0.3, 0.4) is 0 Å². The second kappa shape index (κ2) is 11.0. The highest BCUT2D eigenvalue weighted by molar-refractivity contribution is 5.93. The molecule has 2 atom stereocenters. The molecular weight excluding hydrogens is 551 g/mol. The molecule has 0 spiro atoms. The fourth-order valence-electron chi connectivity index (χ4n) is 6.12. The molecule has 7 rings (SSSR count). The number of nitrogens with zero attached hydrogens (tertiary/aromatic N) is 4. The number of likely N-dealkylation sites (tertiary alicyclic amines) is 1. The van der Waals surface area contributed by atoms with Gasteiger partial charge in [0.2, 0.25) is 0 Å². The third kappa shape index (κ3) is 5.19. The average Bonchev–Trinajstić information content (AvgIpc) is 3.57. The molecule has 43 heavy (non-hydrogen) atoms. The normalized spacial score (nSPS) is 21.8. The van der Waals surface area contributed by atoms with E-state index in [1.807, 2.05) is 41.0 Å². The number of esters is 1. The van der Waals surface area contributed by atoms with Gasteiger partial charge in [-0.05, 0) is 67.6 Å². The Hall–Kier alpha value is -4.46. The van der Waals surface area contributed by atoms with E-state index in [4.69, 9.17) is 24.2 Å². The highest BCUT2D eigenvalue weighted by Gasteiger charge is 2.43. The van der Waals surface area contributed by atoms with Crippen molar-refractivity contribution in [3.63, 3.8) is 0 Å². The maximum atomic E-state index is 14.9. The van der Waals surface area contributed by atoms with Gasteiger partial charge in [0.05, 0.1) is 52.8 Å². The molecule has 2 saturated heterocycles. The summed E-state index contributed by atoms with van der Waals surface area (Å²) in [6.07, 6.45) is 4.70. The lowest BCUT2D eigenvalue weighted by Gasteiger charge is -2.32. The van der Waals surface area contributed by atoms with Crippen LogP contribution in [-0.4, -0.2) is 53.0 Å². The number of carbonyl (C=O) groups is 1. The van der Waals surface area contributed by atoms with Crippen LogP contribution in [0, 0.1) is 17.1 Å². The third-order valence-corrected chi connectivity index (χ3v) is 8.65. The van der Waals surface area contributed by atoms with E-state index in [-0.39, 0.29) is 35.8 Å².